The summed E-state index contributed by atoms with van der Waals surface area (Å²) in [5.41, 5.74) is 2.59. The van der Waals surface area contributed by atoms with Gasteiger partial charge in [0.25, 0.3) is 11.5 Å². The Kier molecular flexibility index (Phi) is 4.03. The fourth-order valence-electron chi connectivity index (χ4n) is 2.85. The highest BCUT2D eigenvalue weighted by atomic mass is 16.2. The molecule has 4 rings (SSSR count). The van der Waals surface area contributed by atoms with Gasteiger partial charge in [-0.1, -0.05) is 54.6 Å². The Labute approximate surface area is 149 Å². The predicted molar refractivity (Wildman–Crippen MR) is 101 cm³/mol. The molecule has 0 aliphatic rings. The number of anilines is 1. The van der Waals surface area contributed by atoms with Crippen LogP contribution in [0.2, 0.25) is 0 Å². The van der Waals surface area contributed by atoms with Gasteiger partial charge < -0.3 is 5.32 Å². The summed E-state index contributed by atoms with van der Waals surface area (Å²) in [5.74, 6) is -0.348. The van der Waals surface area contributed by atoms with E-state index in [4.69, 9.17) is 0 Å². The van der Waals surface area contributed by atoms with Crippen LogP contribution in [0, 0.1) is 0 Å². The summed E-state index contributed by atoms with van der Waals surface area (Å²) in [7, 11) is 0. The van der Waals surface area contributed by atoms with Gasteiger partial charge >= 0.3 is 0 Å². The Hall–Kier alpha value is -3.73. The van der Waals surface area contributed by atoms with Gasteiger partial charge in [-0.05, 0) is 29.3 Å². The summed E-state index contributed by atoms with van der Waals surface area (Å²) >= 11 is 0. The van der Waals surface area contributed by atoms with Crippen LogP contribution in [0.3, 0.4) is 0 Å². The minimum absolute atomic E-state index is 0.140. The van der Waals surface area contributed by atoms with E-state index in [9.17, 15) is 9.59 Å². The van der Waals surface area contributed by atoms with E-state index in [0.717, 1.165) is 11.1 Å². The van der Waals surface area contributed by atoms with Gasteiger partial charge in [0.1, 0.15) is 11.3 Å². The zero-order chi connectivity index (χ0) is 17.9. The molecule has 0 unspecified atom stereocenters. The van der Waals surface area contributed by atoms with Crippen molar-refractivity contribution in [1.29, 1.82) is 0 Å². The third-order valence-corrected chi connectivity index (χ3v) is 4.12. The van der Waals surface area contributed by atoms with Crippen molar-refractivity contribution in [2.24, 2.45) is 0 Å². The van der Waals surface area contributed by atoms with E-state index in [1.807, 2.05) is 42.5 Å². The lowest BCUT2D eigenvalue weighted by Gasteiger charge is -2.10. The maximum atomic E-state index is 12.8. The molecular weight excluding hydrogens is 326 g/mol. The summed E-state index contributed by atoms with van der Waals surface area (Å²) in [6.45, 7) is 0. The number of carbonyl (C=O) groups excluding carboxylic acids is 1. The van der Waals surface area contributed by atoms with E-state index in [2.05, 4.69) is 10.3 Å². The van der Waals surface area contributed by atoms with Crippen molar-refractivity contribution in [2.45, 2.75) is 0 Å². The van der Waals surface area contributed by atoms with Crippen molar-refractivity contribution < 1.29 is 4.79 Å². The molecule has 0 spiro atoms. The lowest BCUT2D eigenvalue weighted by Crippen LogP contribution is -2.23. The monoisotopic (exact) mass is 341 g/mol. The highest BCUT2D eigenvalue weighted by molar-refractivity contribution is 6.08. The zero-order valence-electron chi connectivity index (χ0n) is 13.8. The number of aromatic nitrogens is 2. The van der Waals surface area contributed by atoms with Crippen molar-refractivity contribution in [3.8, 4) is 11.1 Å². The predicted octanol–water partition coefficient (Wildman–Crippen LogP) is 3.61. The Balaban J connectivity index is 1.72. The first-order valence-electron chi connectivity index (χ1n) is 8.16. The summed E-state index contributed by atoms with van der Waals surface area (Å²) in [6, 6.07) is 22.2. The zero-order valence-corrected chi connectivity index (χ0v) is 13.8. The number of fused-ring (bicyclic) bond motifs is 1. The van der Waals surface area contributed by atoms with E-state index in [1.54, 1.807) is 36.5 Å². The van der Waals surface area contributed by atoms with Crippen LogP contribution in [0.4, 0.5) is 5.69 Å². The average Bonchev–Trinajstić information content (AvgIpc) is 2.71. The lowest BCUT2D eigenvalue weighted by molar-refractivity contribution is 0.102. The number of hydrogen-bond donors (Lipinski definition) is 1. The van der Waals surface area contributed by atoms with E-state index in [1.165, 1.54) is 10.6 Å². The molecule has 0 aliphatic heterocycles. The quantitative estimate of drug-likeness (QED) is 0.619. The fourth-order valence-corrected chi connectivity index (χ4v) is 2.85. The van der Waals surface area contributed by atoms with Crippen molar-refractivity contribution >= 4 is 17.2 Å². The maximum Gasteiger partial charge on any atom is 0.281 e. The van der Waals surface area contributed by atoms with Crippen molar-refractivity contribution in [3.63, 3.8) is 0 Å². The molecule has 5 heteroatoms. The number of nitrogens with zero attached hydrogens (tertiary/aromatic N) is 2. The van der Waals surface area contributed by atoms with Gasteiger partial charge in [-0.15, -0.1) is 0 Å². The second-order valence-corrected chi connectivity index (χ2v) is 5.77. The van der Waals surface area contributed by atoms with E-state index < -0.39 is 0 Å². The molecule has 5 nitrogen and oxygen atoms in total. The van der Waals surface area contributed by atoms with Gasteiger partial charge in [0, 0.05) is 11.8 Å². The molecule has 0 saturated heterocycles. The first-order chi connectivity index (χ1) is 12.7. The molecule has 126 valence electrons. The fraction of sp³-hybridized carbons (Fsp3) is 0. The Morgan fingerprint density at radius 2 is 1.62 bits per heavy atom. The molecule has 1 amide bonds. The van der Waals surface area contributed by atoms with Crippen molar-refractivity contribution in [2.75, 3.05) is 5.32 Å². The van der Waals surface area contributed by atoms with Gasteiger partial charge in [0.2, 0.25) is 0 Å². The smallest absolute Gasteiger partial charge is 0.281 e. The van der Waals surface area contributed by atoms with Crippen LogP contribution in [-0.2, 0) is 0 Å². The topological polar surface area (TPSA) is 63.5 Å². The van der Waals surface area contributed by atoms with Crippen LogP contribution >= 0.6 is 0 Å². The summed E-state index contributed by atoms with van der Waals surface area (Å²) in [6.07, 6.45) is 3.01. The highest BCUT2D eigenvalue weighted by Gasteiger charge is 2.14. The second kappa shape index (κ2) is 6.64. The average molecular weight is 341 g/mol. The maximum absolute atomic E-state index is 12.8. The summed E-state index contributed by atoms with van der Waals surface area (Å²) < 4.78 is 1.40. The molecule has 2 heterocycles. The van der Waals surface area contributed by atoms with E-state index in [0.29, 0.717) is 11.2 Å². The molecular formula is C21H15N3O2. The lowest BCUT2D eigenvalue weighted by atomic mass is 9.99. The molecule has 0 bridgehead atoms. The molecule has 0 radical (unpaired) electrons. The molecule has 0 saturated carbocycles. The van der Waals surface area contributed by atoms with Crippen molar-refractivity contribution in [1.82, 2.24) is 9.38 Å². The van der Waals surface area contributed by atoms with Crippen LogP contribution in [0.1, 0.15) is 10.4 Å². The summed E-state index contributed by atoms with van der Waals surface area (Å²) in [5, 5.41) is 2.69. The van der Waals surface area contributed by atoms with E-state index >= 15 is 0 Å². The number of rotatable bonds is 3. The molecule has 0 fully saturated rings. The third-order valence-electron chi connectivity index (χ3n) is 4.12. The van der Waals surface area contributed by atoms with E-state index in [-0.39, 0.29) is 17.2 Å². The van der Waals surface area contributed by atoms with Crippen LogP contribution in [-0.4, -0.2) is 15.3 Å². The van der Waals surface area contributed by atoms with Gasteiger partial charge in [0.15, 0.2) is 0 Å². The standard InChI is InChI=1S/C21H15N3O2/c25-20(17-11-5-4-10-16(17)15-8-2-1-3-9-15)23-18-14-22-19-12-6-7-13-24(19)21(18)26/h1-14H,(H,23,25). The number of benzene rings is 2. The van der Waals surface area contributed by atoms with Gasteiger partial charge in [0.05, 0.1) is 6.20 Å². The minimum atomic E-state index is -0.348. The molecule has 0 aliphatic carbocycles. The Morgan fingerprint density at radius 1 is 0.885 bits per heavy atom. The van der Waals surface area contributed by atoms with Crippen LogP contribution in [0.25, 0.3) is 16.8 Å². The second-order valence-electron chi connectivity index (χ2n) is 5.77. The number of pyridine rings is 1. The van der Waals surface area contributed by atoms with Gasteiger partial charge in [-0.3, -0.25) is 14.0 Å². The number of hydrogen-bond acceptors (Lipinski definition) is 3. The van der Waals surface area contributed by atoms with Crippen molar-refractivity contribution in [3.05, 3.63) is 101 Å². The largest absolute Gasteiger partial charge is 0.316 e. The van der Waals surface area contributed by atoms with Crippen LogP contribution in [0.15, 0.2) is 90.0 Å². The minimum Gasteiger partial charge on any atom is -0.316 e. The summed E-state index contributed by atoms with van der Waals surface area (Å²) in [4.78, 5) is 29.6. The normalized spacial score (nSPS) is 10.6. The SMILES string of the molecule is O=C(Nc1cnc2ccccn2c1=O)c1ccccc1-c1ccccc1. The number of carbonyl (C=O) groups is 1. The number of amides is 1. The Bertz CT molecular complexity index is 1150. The van der Waals surface area contributed by atoms with Gasteiger partial charge in [-0.25, -0.2) is 4.98 Å². The molecule has 1 N–H and O–H groups in total. The third kappa shape index (κ3) is 2.86. The molecule has 2 aromatic carbocycles. The van der Waals surface area contributed by atoms with Crippen LogP contribution in [0.5, 0.6) is 0 Å². The number of nitrogens with one attached hydrogen (secondary N) is 1. The molecule has 4 aromatic rings. The highest BCUT2D eigenvalue weighted by Crippen LogP contribution is 2.23. The van der Waals surface area contributed by atoms with Crippen LogP contribution < -0.4 is 10.9 Å². The molecule has 26 heavy (non-hydrogen) atoms. The molecule has 2 aromatic heterocycles. The molecule has 0 atom stereocenters. The Morgan fingerprint density at radius 3 is 2.46 bits per heavy atom. The first kappa shape index (κ1) is 15.8. The van der Waals surface area contributed by atoms with Gasteiger partial charge in [-0.2, -0.15) is 0 Å². The first-order valence-corrected chi connectivity index (χ1v) is 8.16.